The first kappa shape index (κ1) is 10.2. The first-order valence-electron chi connectivity index (χ1n) is 4.49. The Morgan fingerprint density at radius 2 is 2.38 bits per heavy atom. The molecule has 2 aromatic rings. The number of anilines is 1. The van der Waals surface area contributed by atoms with Gasteiger partial charge in [-0.3, -0.25) is 4.57 Å². The van der Waals surface area contributed by atoms with Crippen LogP contribution in [-0.4, -0.2) is 27.8 Å². The van der Waals surface area contributed by atoms with E-state index in [2.05, 4.69) is 14.9 Å². The summed E-state index contributed by atoms with van der Waals surface area (Å²) in [6.07, 6.45) is 1.41. The molecule has 0 aliphatic carbocycles. The van der Waals surface area contributed by atoms with E-state index in [0.29, 0.717) is 11.6 Å². The van der Waals surface area contributed by atoms with Crippen molar-refractivity contribution in [2.24, 2.45) is 0 Å². The molecule has 0 unspecified atom stereocenters. The highest BCUT2D eigenvalue weighted by atomic mass is 16.5. The lowest BCUT2D eigenvalue weighted by Gasteiger charge is -2.01. The minimum atomic E-state index is -0.581. The number of rotatable bonds is 2. The van der Waals surface area contributed by atoms with Gasteiger partial charge in [-0.15, -0.1) is 0 Å². The maximum atomic E-state index is 11.3. The van der Waals surface area contributed by atoms with Crippen molar-refractivity contribution >= 4 is 11.8 Å². The van der Waals surface area contributed by atoms with Crippen LogP contribution in [0.3, 0.4) is 0 Å². The molecule has 0 aliphatic rings. The van der Waals surface area contributed by atoms with E-state index in [9.17, 15) is 4.79 Å². The quantitative estimate of drug-likeness (QED) is 0.745. The maximum absolute atomic E-state index is 11.3. The number of aromatic nitrogens is 3. The van der Waals surface area contributed by atoms with Crippen LogP contribution in [0.1, 0.15) is 16.3 Å². The Morgan fingerprint density at radius 3 is 2.94 bits per heavy atom. The fraction of sp³-hybridized carbons (Fsp3) is 0.222. The lowest BCUT2D eigenvalue weighted by Crippen LogP contribution is -2.07. The van der Waals surface area contributed by atoms with Gasteiger partial charge in [0.05, 0.1) is 7.11 Å². The zero-order valence-electron chi connectivity index (χ0n) is 8.80. The third-order valence-electron chi connectivity index (χ3n) is 2.11. The molecule has 0 aliphatic heterocycles. The summed E-state index contributed by atoms with van der Waals surface area (Å²) in [5.41, 5.74) is 5.86. The summed E-state index contributed by atoms with van der Waals surface area (Å²) in [5.74, 6) is 0.602. The average Bonchev–Trinajstić information content (AvgIpc) is 2.86. The van der Waals surface area contributed by atoms with Crippen LogP contribution in [-0.2, 0) is 4.74 Å². The van der Waals surface area contributed by atoms with Gasteiger partial charge in [-0.2, -0.15) is 0 Å². The van der Waals surface area contributed by atoms with Gasteiger partial charge in [0, 0.05) is 6.07 Å². The molecule has 0 amide bonds. The zero-order valence-corrected chi connectivity index (χ0v) is 8.80. The van der Waals surface area contributed by atoms with Crippen LogP contribution < -0.4 is 5.73 Å². The predicted octanol–water partition coefficient (Wildman–Crippen LogP) is 0.538. The lowest BCUT2D eigenvalue weighted by atomic mass is 10.4. The summed E-state index contributed by atoms with van der Waals surface area (Å²) < 4.78 is 10.8. The Labute approximate surface area is 90.8 Å². The number of hydrogen-bond donors (Lipinski definition) is 1. The maximum Gasteiger partial charge on any atom is 0.360 e. The van der Waals surface area contributed by atoms with E-state index < -0.39 is 5.97 Å². The SMILES string of the molecule is COC(=O)c1nc(C)n(-c2ccon2)c1N. The molecule has 0 fully saturated rings. The van der Waals surface area contributed by atoms with Crippen molar-refractivity contribution in [1.29, 1.82) is 0 Å². The molecule has 0 radical (unpaired) electrons. The van der Waals surface area contributed by atoms with Gasteiger partial charge in [0.2, 0.25) is 0 Å². The van der Waals surface area contributed by atoms with E-state index in [4.69, 9.17) is 10.3 Å². The summed E-state index contributed by atoms with van der Waals surface area (Å²) in [5, 5.41) is 3.72. The molecule has 2 heterocycles. The van der Waals surface area contributed by atoms with Crippen LogP contribution in [0.4, 0.5) is 5.82 Å². The third kappa shape index (κ3) is 1.42. The number of carbonyl (C=O) groups is 1. The van der Waals surface area contributed by atoms with Gasteiger partial charge in [0.1, 0.15) is 17.9 Å². The Kier molecular flexibility index (Phi) is 2.35. The summed E-state index contributed by atoms with van der Waals surface area (Å²) in [7, 11) is 1.27. The van der Waals surface area contributed by atoms with Crippen molar-refractivity contribution in [2.75, 3.05) is 12.8 Å². The Morgan fingerprint density at radius 1 is 1.62 bits per heavy atom. The summed E-state index contributed by atoms with van der Waals surface area (Å²) >= 11 is 0. The minimum absolute atomic E-state index is 0.0722. The fourth-order valence-electron chi connectivity index (χ4n) is 1.41. The molecule has 2 aromatic heterocycles. The highest BCUT2D eigenvalue weighted by Crippen LogP contribution is 2.19. The Balaban J connectivity index is 2.56. The number of aryl methyl sites for hydroxylation is 1. The van der Waals surface area contributed by atoms with Gasteiger partial charge < -0.3 is 15.0 Å². The van der Waals surface area contributed by atoms with E-state index in [1.54, 1.807) is 13.0 Å². The molecule has 2 N–H and O–H groups in total. The van der Waals surface area contributed by atoms with Gasteiger partial charge >= 0.3 is 5.97 Å². The fourth-order valence-corrected chi connectivity index (χ4v) is 1.41. The monoisotopic (exact) mass is 222 g/mol. The second kappa shape index (κ2) is 3.69. The van der Waals surface area contributed by atoms with Crippen molar-refractivity contribution in [3.8, 4) is 5.82 Å². The molecule has 0 saturated heterocycles. The smallest absolute Gasteiger partial charge is 0.360 e. The normalized spacial score (nSPS) is 10.4. The zero-order chi connectivity index (χ0) is 11.7. The van der Waals surface area contributed by atoms with E-state index in [1.165, 1.54) is 17.9 Å². The standard InChI is InChI=1S/C9H10N4O3/c1-5-11-7(9(14)15-2)8(10)13(5)6-3-4-16-12-6/h3-4H,10H2,1-2H3. The van der Waals surface area contributed by atoms with Crippen LogP contribution in [0.5, 0.6) is 0 Å². The van der Waals surface area contributed by atoms with E-state index in [0.717, 1.165) is 0 Å². The van der Waals surface area contributed by atoms with E-state index in [1.807, 2.05) is 0 Å². The first-order chi connectivity index (χ1) is 7.65. The third-order valence-corrected chi connectivity index (χ3v) is 2.11. The van der Waals surface area contributed by atoms with Crippen molar-refractivity contribution in [3.63, 3.8) is 0 Å². The van der Waals surface area contributed by atoms with E-state index in [-0.39, 0.29) is 11.5 Å². The van der Waals surface area contributed by atoms with Crippen LogP contribution >= 0.6 is 0 Å². The second-order valence-electron chi connectivity index (χ2n) is 3.08. The van der Waals surface area contributed by atoms with Gasteiger partial charge in [-0.25, -0.2) is 9.78 Å². The van der Waals surface area contributed by atoms with Crippen LogP contribution in [0, 0.1) is 6.92 Å². The van der Waals surface area contributed by atoms with Crippen molar-refractivity contribution in [1.82, 2.24) is 14.7 Å². The molecular weight excluding hydrogens is 212 g/mol. The predicted molar refractivity (Wildman–Crippen MR) is 54.1 cm³/mol. The highest BCUT2D eigenvalue weighted by Gasteiger charge is 2.20. The number of carbonyl (C=O) groups excluding carboxylic acids is 1. The van der Waals surface area contributed by atoms with Gasteiger partial charge in [0.15, 0.2) is 11.5 Å². The molecule has 0 saturated carbocycles. The summed E-state index contributed by atoms with van der Waals surface area (Å²) in [4.78, 5) is 15.4. The second-order valence-corrected chi connectivity index (χ2v) is 3.08. The molecule has 2 rings (SSSR count). The molecule has 7 nitrogen and oxygen atoms in total. The number of nitrogen functional groups attached to an aromatic ring is 1. The number of imidazole rings is 1. The minimum Gasteiger partial charge on any atom is -0.464 e. The Hall–Kier alpha value is -2.31. The van der Waals surface area contributed by atoms with Crippen molar-refractivity contribution in [2.45, 2.75) is 6.92 Å². The topological polar surface area (TPSA) is 96.2 Å². The number of ether oxygens (including phenoxy) is 1. The molecule has 84 valence electrons. The average molecular weight is 222 g/mol. The molecule has 0 spiro atoms. The Bertz CT molecular complexity index is 515. The number of nitrogens with zero attached hydrogens (tertiary/aromatic N) is 3. The molecule has 7 heteroatoms. The van der Waals surface area contributed by atoms with Crippen LogP contribution in [0.15, 0.2) is 16.9 Å². The van der Waals surface area contributed by atoms with Gasteiger partial charge in [-0.05, 0) is 6.92 Å². The summed E-state index contributed by atoms with van der Waals surface area (Å²) in [6.45, 7) is 1.71. The van der Waals surface area contributed by atoms with Crippen LogP contribution in [0.2, 0.25) is 0 Å². The highest BCUT2D eigenvalue weighted by molar-refractivity contribution is 5.92. The molecule has 0 aromatic carbocycles. The molecule has 0 bridgehead atoms. The number of hydrogen-bond acceptors (Lipinski definition) is 6. The molecule has 0 atom stereocenters. The van der Waals surface area contributed by atoms with Crippen molar-refractivity contribution < 1.29 is 14.1 Å². The first-order valence-corrected chi connectivity index (χ1v) is 4.49. The van der Waals surface area contributed by atoms with Crippen molar-refractivity contribution in [3.05, 3.63) is 23.8 Å². The number of esters is 1. The van der Waals surface area contributed by atoms with E-state index >= 15 is 0 Å². The number of nitrogens with two attached hydrogens (primary N) is 1. The molecule has 16 heavy (non-hydrogen) atoms. The molecular formula is C9H10N4O3. The van der Waals surface area contributed by atoms with Gasteiger partial charge in [0.25, 0.3) is 0 Å². The van der Waals surface area contributed by atoms with Crippen LogP contribution in [0.25, 0.3) is 5.82 Å². The van der Waals surface area contributed by atoms with Gasteiger partial charge in [-0.1, -0.05) is 5.16 Å². The number of methoxy groups -OCH3 is 1. The largest absolute Gasteiger partial charge is 0.464 e. The lowest BCUT2D eigenvalue weighted by molar-refractivity contribution is 0.0596. The summed E-state index contributed by atoms with van der Waals surface area (Å²) in [6, 6.07) is 1.62.